The van der Waals surface area contributed by atoms with E-state index in [2.05, 4.69) is 4.98 Å². The Morgan fingerprint density at radius 2 is 2.14 bits per heavy atom. The molecular weight excluding hydrogens is 410 g/mol. The van der Waals surface area contributed by atoms with E-state index in [9.17, 15) is 13.2 Å². The van der Waals surface area contributed by atoms with Crippen LogP contribution < -0.4 is 9.64 Å². The molecule has 29 heavy (non-hydrogen) atoms. The van der Waals surface area contributed by atoms with Crippen molar-refractivity contribution in [3.05, 3.63) is 41.0 Å². The molecular formula is C20H23N3O4S2. The molecule has 0 atom stereocenters. The van der Waals surface area contributed by atoms with E-state index in [4.69, 9.17) is 4.74 Å². The zero-order chi connectivity index (χ0) is 20.8. The van der Waals surface area contributed by atoms with Crippen molar-refractivity contribution in [1.29, 1.82) is 0 Å². The molecule has 1 aromatic carbocycles. The Balaban J connectivity index is 1.78. The summed E-state index contributed by atoms with van der Waals surface area (Å²) in [5.74, 6) is 1.05. The Morgan fingerprint density at radius 1 is 1.38 bits per heavy atom. The maximum absolute atomic E-state index is 13.3. The summed E-state index contributed by atoms with van der Waals surface area (Å²) in [5.41, 5.74) is 1.80. The van der Waals surface area contributed by atoms with E-state index in [0.29, 0.717) is 45.5 Å². The van der Waals surface area contributed by atoms with Crippen LogP contribution in [0.2, 0.25) is 0 Å². The van der Waals surface area contributed by atoms with Crippen molar-refractivity contribution in [3.63, 3.8) is 0 Å². The van der Waals surface area contributed by atoms with Crippen LogP contribution >= 0.6 is 11.3 Å². The molecule has 7 nitrogen and oxygen atoms in total. The largest absolute Gasteiger partial charge is 0.497 e. The van der Waals surface area contributed by atoms with Crippen molar-refractivity contribution in [2.45, 2.75) is 26.2 Å². The first-order valence-corrected chi connectivity index (χ1v) is 12.1. The van der Waals surface area contributed by atoms with Crippen molar-refractivity contribution < 1.29 is 17.9 Å². The summed E-state index contributed by atoms with van der Waals surface area (Å²) in [6, 6.07) is 5.24. The third kappa shape index (κ3) is 3.89. The molecule has 9 heteroatoms. The summed E-state index contributed by atoms with van der Waals surface area (Å²) in [7, 11) is -1.96. The van der Waals surface area contributed by atoms with Crippen LogP contribution in [0.1, 0.15) is 24.1 Å². The second kappa shape index (κ2) is 7.46. The molecule has 0 unspecified atom stereocenters. The van der Waals surface area contributed by atoms with Gasteiger partial charge in [0.25, 0.3) is 0 Å². The van der Waals surface area contributed by atoms with E-state index >= 15 is 0 Å². The first-order chi connectivity index (χ1) is 13.8. The Kier molecular flexibility index (Phi) is 5.12. The third-order valence-electron chi connectivity index (χ3n) is 5.24. The predicted octanol–water partition coefficient (Wildman–Crippen LogP) is 3.21. The molecule has 1 aliphatic rings. The Labute approximate surface area is 174 Å². The molecule has 1 saturated carbocycles. The summed E-state index contributed by atoms with van der Waals surface area (Å²) in [6.07, 6.45) is 5.21. The van der Waals surface area contributed by atoms with Crippen molar-refractivity contribution in [3.8, 4) is 5.75 Å². The summed E-state index contributed by atoms with van der Waals surface area (Å²) in [4.78, 5) is 19.3. The molecule has 0 aliphatic heterocycles. The summed E-state index contributed by atoms with van der Waals surface area (Å²) in [5, 5.41) is 3.25. The summed E-state index contributed by atoms with van der Waals surface area (Å²) >= 11 is 1.44. The number of aromatic nitrogens is 2. The minimum atomic E-state index is -3.53. The van der Waals surface area contributed by atoms with Crippen LogP contribution in [0.4, 0.5) is 5.13 Å². The lowest BCUT2D eigenvalue weighted by molar-refractivity contribution is -0.118. The minimum Gasteiger partial charge on any atom is -0.497 e. The number of benzene rings is 1. The molecule has 3 aromatic rings. The number of hydrogen-bond donors (Lipinski definition) is 0. The highest BCUT2D eigenvalue weighted by Gasteiger charge is 2.30. The molecule has 4 rings (SSSR count). The Bertz CT molecular complexity index is 1160. The number of ether oxygens (including phenoxy) is 1. The molecule has 0 N–H and O–H groups in total. The van der Waals surface area contributed by atoms with E-state index < -0.39 is 10.0 Å². The highest BCUT2D eigenvalue weighted by molar-refractivity contribution is 7.89. The van der Waals surface area contributed by atoms with Crippen LogP contribution in [0.25, 0.3) is 10.9 Å². The lowest BCUT2D eigenvalue weighted by Gasteiger charge is -2.20. The fraction of sp³-hybridized carbons (Fsp3) is 0.400. The van der Waals surface area contributed by atoms with Crippen LogP contribution in [-0.2, 0) is 21.2 Å². The number of fused-ring (bicyclic) bond motifs is 1. The van der Waals surface area contributed by atoms with Gasteiger partial charge in [-0.15, -0.1) is 11.3 Å². The van der Waals surface area contributed by atoms with Gasteiger partial charge in [0.05, 0.1) is 25.3 Å². The number of methoxy groups -OCH3 is 1. The van der Waals surface area contributed by atoms with Crippen LogP contribution in [0, 0.1) is 12.8 Å². The quantitative estimate of drug-likeness (QED) is 0.571. The first kappa shape index (κ1) is 19.9. The van der Waals surface area contributed by atoms with Gasteiger partial charge in [-0.3, -0.25) is 9.69 Å². The summed E-state index contributed by atoms with van der Waals surface area (Å²) in [6.45, 7) is 2.39. The SMILES string of the molecule is COc1ccc2c(c1)c(CC(=O)N(CC1CC1)c1nccs1)c(C)n2S(C)(=O)=O. The van der Waals surface area contributed by atoms with Crippen molar-refractivity contribution in [2.75, 3.05) is 24.8 Å². The van der Waals surface area contributed by atoms with Crippen LogP contribution in [0.3, 0.4) is 0 Å². The van der Waals surface area contributed by atoms with Gasteiger partial charge >= 0.3 is 0 Å². The van der Waals surface area contributed by atoms with Crippen LogP contribution in [-0.4, -0.2) is 43.2 Å². The molecule has 2 aromatic heterocycles. The van der Waals surface area contributed by atoms with E-state index in [1.165, 1.54) is 21.6 Å². The molecule has 0 bridgehead atoms. The maximum Gasteiger partial charge on any atom is 0.236 e. The van der Waals surface area contributed by atoms with Crippen molar-refractivity contribution >= 4 is 43.3 Å². The fourth-order valence-corrected chi connectivity index (χ4v) is 5.44. The number of hydrogen-bond acceptors (Lipinski definition) is 6. The van der Waals surface area contributed by atoms with Crippen LogP contribution in [0.5, 0.6) is 5.75 Å². The van der Waals surface area contributed by atoms with Gasteiger partial charge in [-0.05, 0) is 49.4 Å². The molecule has 154 valence electrons. The molecule has 2 heterocycles. The number of amides is 1. The predicted molar refractivity (Wildman–Crippen MR) is 114 cm³/mol. The van der Waals surface area contributed by atoms with E-state index in [1.807, 2.05) is 5.38 Å². The average molecular weight is 434 g/mol. The lowest BCUT2D eigenvalue weighted by atomic mass is 10.1. The van der Waals surface area contributed by atoms with E-state index in [0.717, 1.165) is 12.8 Å². The van der Waals surface area contributed by atoms with Gasteiger partial charge in [-0.2, -0.15) is 0 Å². The van der Waals surface area contributed by atoms with E-state index in [1.54, 1.807) is 43.3 Å². The molecule has 0 radical (unpaired) electrons. The van der Waals surface area contributed by atoms with Gasteiger partial charge in [0, 0.05) is 29.2 Å². The van der Waals surface area contributed by atoms with Crippen molar-refractivity contribution in [2.24, 2.45) is 5.92 Å². The zero-order valence-electron chi connectivity index (χ0n) is 16.6. The molecule has 1 aliphatic carbocycles. The second-order valence-corrected chi connectivity index (χ2v) is 10.1. The molecule has 0 spiro atoms. The number of nitrogens with zero attached hydrogens (tertiary/aromatic N) is 3. The zero-order valence-corrected chi connectivity index (χ0v) is 18.2. The van der Waals surface area contributed by atoms with Crippen LogP contribution in [0.15, 0.2) is 29.8 Å². The Hall–Kier alpha value is -2.39. The minimum absolute atomic E-state index is 0.0784. The fourth-order valence-electron chi connectivity index (χ4n) is 3.65. The Morgan fingerprint density at radius 3 is 2.72 bits per heavy atom. The number of thiazole rings is 1. The number of carbonyl (C=O) groups is 1. The second-order valence-electron chi connectivity index (χ2n) is 7.41. The highest BCUT2D eigenvalue weighted by atomic mass is 32.2. The van der Waals surface area contributed by atoms with E-state index in [-0.39, 0.29) is 12.3 Å². The van der Waals surface area contributed by atoms with Gasteiger partial charge in [0.15, 0.2) is 5.13 Å². The van der Waals surface area contributed by atoms with Gasteiger partial charge in [-0.25, -0.2) is 17.4 Å². The number of anilines is 1. The molecule has 0 saturated heterocycles. The van der Waals surface area contributed by atoms with Gasteiger partial charge < -0.3 is 4.74 Å². The standard InChI is InChI=1S/C20H23N3O4S2/c1-13-16(11-19(24)22(12-14-4-5-14)20-21-8-9-28-20)17-10-15(27-2)6-7-18(17)23(13)29(3,25)26/h6-10,14H,4-5,11-12H2,1-3H3. The number of rotatable bonds is 7. The monoisotopic (exact) mass is 433 g/mol. The topological polar surface area (TPSA) is 81.5 Å². The number of carbonyl (C=O) groups excluding carboxylic acids is 1. The third-order valence-corrected chi connectivity index (χ3v) is 7.17. The average Bonchev–Trinajstić information content (AvgIpc) is 3.24. The normalized spacial score (nSPS) is 14.3. The molecule has 1 amide bonds. The van der Waals surface area contributed by atoms with Gasteiger partial charge in [0.1, 0.15) is 5.75 Å². The van der Waals surface area contributed by atoms with Crippen molar-refractivity contribution in [1.82, 2.24) is 8.96 Å². The highest BCUT2D eigenvalue weighted by Crippen LogP contribution is 2.34. The maximum atomic E-state index is 13.3. The smallest absolute Gasteiger partial charge is 0.236 e. The molecule has 1 fully saturated rings. The lowest BCUT2D eigenvalue weighted by Crippen LogP contribution is -2.34. The van der Waals surface area contributed by atoms with Gasteiger partial charge in [0.2, 0.25) is 15.9 Å². The summed E-state index contributed by atoms with van der Waals surface area (Å²) < 4.78 is 31.5. The van der Waals surface area contributed by atoms with Gasteiger partial charge in [-0.1, -0.05) is 0 Å². The first-order valence-electron chi connectivity index (χ1n) is 9.38.